The van der Waals surface area contributed by atoms with Crippen LogP contribution in [0, 0.1) is 17.8 Å². The van der Waals surface area contributed by atoms with E-state index in [9.17, 15) is 0 Å². The van der Waals surface area contributed by atoms with Crippen molar-refractivity contribution in [1.29, 1.82) is 0 Å². The van der Waals surface area contributed by atoms with Gasteiger partial charge in [0.1, 0.15) is 0 Å². The van der Waals surface area contributed by atoms with Gasteiger partial charge in [0.2, 0.25) is 0 Å². The molecule has 0 aromatic carbocycles. The van der Waals surface area contributed by atoms with Crippen molar-refractivity contribution in [3.8, 4) is 0 Å². The van der Waals surface area contributed by atoms with Crippen LogP contribution in [0.3, 0.4) is 0 Å². The maximum atomic E-state index is 6.52. The van der Waals surface area contributed by atoms with Gasteiger partial charge in [0.05, 0.1) is 5.60 Å². The Balaban J connectivity index is 1.61. The van der Waals surface area contributed by atoms with Crippen LogP contribution in [-0.4, -0.2) is 32.0 Å². The standard InChI is InChI=1S/C15H27NO2/c1-17-15(4-6-18-7-5-15)14(16)10-13-9-11-2-3-12(13)8-11/h11-14H,2-10,16H2,1H3. The molecule has 4 atom stereocenters. The predicted octanol–water partition coefficient (Wildman–Crippen LogP) is 2.34. The van der Waals surface area contributed by atoms with E-state index in [2.05, 4.69) is 0 Å². The lowest BCUT2D eigenvalue weighted by Gasteiger charge is -2.42. The first kappa shape index (κ1) is 12.9. The van der Waals surface area contributed by atoms with Gasteiger partial charge in [-0.1, -0.05) is 6.42 Å². The molecule has 0 amide bonds. The number of methoxy groups -OCH3 is 1. The first-order valence-corrected chi connectivity index (χ1v) is 7.62. The topological polar surface area (TPSA) is 44.5 Å². The molecule has 18 heavy (non-hydrogen) atoms. The highest BCUT2D eigenvalue weighted by Gasteiger charge is 2.44. The van der Waals surface area contributed by atoms with Crippen molar-refractivity contribution in [2.45, 2.75) is 56.6 Å². The number of hydrogen-bond acceptors (Lipinski definition) is 3. The maximum absolute atomic E-state index is 6.52. The first-order valence-electron chi connectivity index (χ1n) is 7.62. The minimum atomic E-state index is -0.111. The summed E-state index contributed by atoms with van der Waals surface area (Å²) in [7, 11) is 1.83. The summed E-state index contributed by atoms with van der Waals surface area (Å²) in [5.74, 6) is 2.85. The summed E-state index contributed by atoms with van der Waals surface area (Å²) in [6, 6.07) is 0.191. The Labute approximate surface area is 110 Å². The van der Waals surface area contributed by atoms with E-state index in [1.807, 2.05) is 7.11 Å². The Morgan fingerprint density at radius 2 is 2.06 bits per heavy atom. The summed E-state index contributed by atoms with van der Waals surface area (Å²) in [5, 5.41) is 0. The van der Waals surface area contributed by atoms with Crippen LogP contribution in [0.4, 0.5) is 0 Å². The third kappa shape index (κ3) is 2.21. The van der Waals surface area contributed by atoms with Gasteiger partial charge in [-0.05, 0) is 43.4 Å². The fourth-order valence-corrected chi connectivity index (χ4v) is 4.65. The molecule has 3 nitrogen and oxygen atoms in total. The number of fused-ring (bicyclic) bond motifs is 2. The predicted molar refractivity (Wildman–Crippen MR) is 71.3 cm³/mol. The molecule has 104 valence electrons. The van der Waals surface area contributed by atoms with Crippen molar-refractivity contribution in [1.82, 2.24) is 0 Å². The van der Waals surface area contributed by atoms with Crippen LogP contribution < -0.4 is 5.73 Å². The fourth-order valence-electron chi connectivity index (χ4n) is 4.65. The summed E-state index contributed by atoms with van der Waals surface area (Å²) in [5.41, 5.74) is 6.41. The van der Waals surface area contributed by atoms with Gasteiger partial charge in [-0.3, -0.25) is 0 Å². The molecule has 1 heterocycles. The molecule has 2 saturated carbocycles. The lowest BCUT2D eigenvalue weighted by Crippen LogP contribution is -2.53. The third-order valence-electron chi connectivity index (χ3n) is 5.86. The molecule has 2 N–H and O–H groups in total. The lowest BCUT2D eigenvalue weighted by molar-refractivity contribution is -0.107. The van der Waals surface area contributed by atoms with E-state index < -0.39 is 0 Å². The van der Waals surface area contributed by atoms with Crippen LogP contribution in [0.2, 0.25) is 0 Å². The van der Waals surface area contributed by atoms with Crippen LogP contribution in [0.25, 0.3) is 0 Å². The van der Waals surface area contributed by atoms with Crippen molar-refractivity contribution in [3.63, 3.8) is 0 Å². The van der Waals surface area contributed by atoms with Crippen LogP contribution >= 0.6 is 0 Å². The summed E-state index contributed by atoms with van der Waals surface area (Å²) >= 11 is 0. The summed E-state index contributed by atoms with van der Waals surface area (Å²) in [4.78, 5) is 0. The third-order valence-corrected chi connectivity index (χ3v) is 5.86. The van der Waals surface area contributed by atoms with Gasteiger partial charge in [-0.2, -0.15) is 0 Å². The molecular formula is C15H27NO2. The smallest absolute Gasteiger partial charge is 0.0872 e. The molecule has 3 heteroatoms. The Morgan fingerprint density at radius 1 is 1.28 bits per heavy atom. The van der Waals surface area contributed by atoms with Crippen molar-refractivity contribution in [2.24, 2.45) is 23.5 Å². The Hall–Kier alpha value is -0.120. The largest absolute Gasteiger partial charge is 0.381 e. The van der Waals surface area contributed by atoms with Gasteiger partial charge in [-0.25, -0.2) is 0 Å². The molecule has 3 fully saturated rings. The zero-order valence-electron chi connectivity index (χ0n) is 11.6. The Morgan fingerprint density at radius 3 is 2.61 bits per heavy atom. The first-order chi connectivity index (χ1) is 8.73. The molecule has 0 aromatic rings. The van der Waals surface area contributed by atoms with E-state index in [-0.39, 0.29) is 11.6 Å². The monoisotopic (exact) mass is 253 g/mol. The number of nitrogens with two attached hydrogens (primary N) is 1. The quantitative estimate of drug-likeness (QED) is 0.836. The summed E-state index contributed by atoms with van der Waals surface area (Å²) < 4.78 is 11.3. The van der Waals surface area contributed by atoms with Gasteiger partial charge >= 0.3 is 0 Å². The molecule has 3 aliphatic rings. The molecule has 0 spiro atoms. The van der Waals surface area contributed by atoms with Crippen LogP contribution in [-0.2, 0) is 9.47 Å². The van der Waals surface area contributed by atoms with Gasteiger partial charge in [-0.15, -0.1) is 0 Å². The van der Waals surface area contributed by atoms with E-state index in [1.165, 1.54) is 25.7 Å². The van der Waals surface area contributed by atoms with E-state index in [1.54, 1.807) is 0 Å². The normalized spacial score (nSPS) is 40.0. The van der Waals surface area contributed by atoms with Gasteiger partial charge in [0, 0.05) is 39.2 Å². The van der Waals surface area contributed by atoms with E-state index >= 15 is 0 Å². The molecule has 0 radical (unpaired) electrons. The van der Waals surface area contributed by atoms with Crippen LogP contribution in [0.15, 0.2) is 0 Å². The van der Waals surface area contributed by atoms with E-state index in [0.717, 1.165) is 50.2 Å². The molecule has 1 saturated heterocycles. The van der Waals surface area contributed by atoms with Crippen molar-refractivity contribution in [3.05, 3.63) is 0 Å². The van der Waals surface area contributed by atoms with Gasteiger partial charge in [0.15, 0.2) is 0 Å². The highest BCUT2D eigenvalue weighted by Crippen LogP contribution is 2.50. The highest BCUT2D eigenvalue weighted by atomic mass is 16.5. The SMILES string of the molecule is COC1(C(N)CC2CC3CCC2C3)CCOCC1. The zero-order chi connectivity index (χ0) is 12.6. The Kier molecular flexibility index (Phi) is 3.65. The minimum Gasteiger partial charge on any atom is -0.381 e. The molecule has 1 aliphatic heterocycles. The summed E-state index contributed by atoms with van der Waals surface area (Å²) in [6.07, 6.45) is 8.91. The number of hydrogen-bond donors (Lipinski definition) is 1. The molecule has 4 unspecified atom stereocenters. The number of ether oxygens (including phenoxy) is 2. The fraction of sp³-hybridized carbons (Fsp3) is 1.00. The van der Waals surface area contributed by atoms with Crippen molar-refractivity contribution in [2.75, 3.05) is 20.3 Å². The van der Waals surface area contributed by atoms with Crippen molar-refractivity contribution < 1.29 is 9.47 Å². The molecular weight excluding hydrogens is 226 g/mol. The average Bonchev–Trinajstić information content (AvgIpc) is 3.01. The molecule has 2 bridgehead atoms. The van der Waals surface area contributed by atoms with E-state index in [0.29, 0.717) is 0 Å². The number of rotatable bonds is 4. The molecule has 3 rings (SSSR count). The summed E-state index contributed by atoms with van der Waals surface area (Å²) in [6.45, 7) is 1.61. The highest BCUT2D eigenvalue weighted by molar-refractivity contribution is 4.98. The second kappa shape index (κ2) is 5.10. The molecule has 2 aliphatic carbocycles. The second-order valence-electron chi connectivity index (χ2n) is 6.66. The van der Waals surface area contributed by atoms with Crippen LogP contribution in [0.1, 0.15) is 44.9 Å². The van der Waals surface area contributed by atoms with Crippen molar-refractivity contribution >= 4 is 0 Å². The second-order valence-corrected chi connectivity index (χ2v) is 6.66. The van der Waals surface area contributed by atoms with E-state index in [4.69, 9.17) is 15.2 Å². The van der Waals surface area contributed by atoms with Gasteiger partial charge in [0.25, 0.3) is 0 Å². The molecule has 0 aromatic heterocycles. The zero-order valence-corrected chi connectivity index (χ0v) is 11.6. The minimum absolute atomic E-state index is 0.111. The maximum Gasteiger partial charge on any atom is 0.0872 e. The average molecular weight is 253 g/mol. The Bertz CT molecular complexity index is 288. The van der Waals surface area contributed by atoms with Gasteiger partial charge < -0.3 is 15.2 Å². The van der Waals surface area contributed by atoms with Crippen LogP contribution in [0.5, 0.6) is 0 Å². The lowest BCUT2D eigenvalue weighted by atomic mass is 9.77.